The number of rotatable bonds is 6. The highest BCUT2D eigenvalue weighted by atomic mass is 16.5. The van der Waals surface area contributed by atoms with E-state index >= 15 is 0 Å². The molecule has 1 N–H and O–H groups in total. The summed E-state index contributed by atoms with van der Waals surface area (Å²) >= 11 is 0. The Kier molecular flexibility index (Phi) is 5.66. The molecule has 0 aliphatic heterocycles. The molecule has 0 atom stereocenters. The van der Waals surface area contributed by atoms with Crippen LogP contribution >= 0.6 is 0 Å². The van der Waals surface area contributed by atoms with Crippen molar-refractivity contribution < 1.29 is 14.3 Å². The van der Waals surface area contributed by atoms with Crippen LogP contribution in [0.5, 0.6) is 0 Å². The largest absolute Gasteiger partial charge is 0.465 e. The van der Waals surface area contributed by atoms with Crippen LogP contribution in [0, 0.1) is 6.92 Å². The van der Waals surface area contributed by atoms with Crippen molar-refractivity contribution in [2.24, 2.45) is 0 Å². The highest BCUT2D eigenvalue weighted by Crippen LogP contribution is 2.20. The van der Waals surface area contributed by atoms with Crippen LogP contribution in [0.15, 0.2) is 60.9 Å². The monoisotopic (exact) mass is 363 g/mol. The van der Waals surface area contributed by atoms with Crippen molar-refractivity contribution >= 4 is 17.6 Å². The Labute approximate surface area is 157 Å². The van der Waals surface area contributed by atoms with Crippen LogP contribution in [0.2, 0.25) is 0 Å². The van der Waals surface area contributed by atoms with E-state index in [1.807, 2.05) is 36.5 Å². The molecule has 0 saturated heterocycles. The summed E-state index contributed by atoms with van der Waals surface area (Å²) < 4.78 is 6.55. The van der Waals surface area contributed by atoms with Gasteiger partial charge < -0.3 is 10.1 Å². The summed E-state index contributed by atoms with van der Waals surface area (Å²) in [5.41, 5.74) is 3.70. The van der Waals surface area contributed by atoms with Gasteiger partial charge in [0.1, 0.15) is 0 Å². The maximum absolute atomic E-state index is 12.3. The van der Waals surface area contributed by atoms with Crippen molar-refractivity contribution in [3.05, 3.63) is 77.6 Å². The van der Waals surface area contributed by atoms with Gasteiger partial charge in [-0.1, -0.05) is 24.3 Å². The Morgan fingerprint density at radius 3 is 2.63 bits per heavy atom. The van der Waals surface area contributed by atoms with Crippen LogP contribution in [0.3, 0.4) is 0 Å². The second-order valence-electron chi connectivity index (χ2n) is 6.15. The molecule has 1 aromatic heterocycles. The number of nitrogens with one attached hydrogen (secondary N) is 1. The summed E-state index contributed by atoms with van der Waals surface area (Å²) in [6.07, 6.45) is 4.59. The van der Waals surface area contributed by atoms with E-state index in [2.05, 4.69) is 10.4 Å². The second-order valence-corrected chi connectivity index (χ2v) is 6.15. The van der Waals surface area contributed by atoms with Crippen LogP contribution in [0.4, 0.5) is 5.69 Å². The van der Waals surface area contributed by atoms with Gasteiger partial charge in [-0.15, -0.1) is 0 Å². The zero-order chi connectivity index (χ0) is 19.2. The molecule has 3 aromatic rings. The Bertz CT molecular complexity index is 948. The van der Waals surface area contributed by atoms with Gasteiger partial charge in [0.15, 0.2) is 0 Å². The predicted molar refractivity (Wildman–Crippen MR) is 103 cm³/mol. The zero-order valence-electron chi connectivity index (χ0n) is 15.3. The van der Waals surface area contributed by atoms with Crippen LogP contribution in [0.1, 0.15) is 27.9 Å². The lowest BCUT2D eigenvalue weighted by Crippen LogP contribution is -2.14. The minimum atomic E-state index is -0.420. The molecule has 0 saturated carbocycles. The highest BCUT2D eigenvalue weighted by Gasteiger charge is 2.13. The first-order valence-electron chi connectivity index (χ1n) is 8.65. The van der Waals surface area contributed by atoms with Crippen LogP contribution in [-0.2, 0) is 16.0 Å². The molecule has 27 heavy (non-hydrogen) atoms. The summed E-state index contributed by atoms with van der Waals surface area (Å²) in [7, 11) is 1.34. The number of anilines is 1. The zero-order valence-corrected chi connectivity index (χ0v) is 15.3. The average Bonchev–Trinajstić information content (AvgIpc) is 3.17. The lowest BCUT2D eigenvalue weighted by Gasteiger charge is -2.11. The number of hydrogen-bond donors (Lipinski definition) is 1. The Morgan fingerprint density at radius 2 is 1.89 bits per heavy atom. The van der Waals surface area contributed by atoms with Gasteiger partial charge in [-0.2, -0.15) is 5.10 Å². The molecule has 138 valence electrons. The molecule has 0 unspecified atom stereocenters. The summed E-state index contributed by atoms with van der Waals surface area (Å²) in [4.78, 5) is 24.1. The lowest BCUT2D eigenvalue weighted by molar-refractivity contribution is -0.116. The molecule has 0 aliphatic carbocycles. The van der Waals surface area contributed by atoms with Crippen LogP contribution in [-0.4, -0.2) is 28.8 Å². The van der Waals surface area contributed by atoms with E-state index in [0.29, 0.717) is 29.7 Å². The number of esters is 1. The third kappa shape index (κ3) is 4.41. The van der Waals surface area contributed by atoms with Gasteiger partial charge in [-0.25, -0.2) is 9.48 Å². The Hall–Kier alpha value is -3.41. The van der Waals surface area contributed by atoms with E-state index in [0.717, 1.165) is 11.3 Å². The number of aryl methyl sites for hydroxylation is 1. The number of amides is 1. The third-order valence-corrected chi connectivity index (χ3v) is 4.31. The molecular weight excluding hydrogens is 342 g/mol. The van der Waals surface area contributed by atoms with E-state index in [1.54, 1.807) is 36.0 Å². The van der Waals surface area contributed by atoms with Crippen molar-refractivity contribution in [3.63, 3.8) is 0 Å². The van der Waals surface area contributed by atoms with E-state index in [-0.39, 0.29) is 5.91 Å². The molecule has 1 amide bonds. The molecule has 0 radical (unpaired) electrons. The van der Waals surface area contributed by atoms with Gasteiger partial charge in [-0.05, 0) is 48.7 Å². The van der Waals surface area contributed by atoms with Crippen LogP contribution < -0.4 is 5.32 Å². The fraction of sp³-hybridized carbons (Fsp3) is 0.190. The topological polar surface area (TPSA) is 73.2 Å². The minimum Gasteiger partial charge on any atom is -0.465 e. The molecule has 0 bridgehead atoms. The first-order valence-corrected chi connectivity index (χ1v) is 8.65. The maximum atomic E-state index is 12.3. The number of carbonyl (C=O) groups is 2. The normalized spacial score (nSPS) is 10.4. The maximum Gasteiger partial charge on any atom is 0.338 e. The fourth-order valence-corrected chi connectivity index (χ4v) is 2.78. The van der Waals surface area contributed by atoms with Gasteiger partial charge >= 0.3 is 5.97 Å². The third-order valence-electron chi connectivity index (χ3n) is 4.31. The molecule has 1 heterocycles. The van der Waals surface area contributed by atoms with Crippen molar-refractivity contribution in [2.45, 2.75) is 19.8 Å². The summed E-state index contributed by atoms with van der Waals surface area (Å²) in [6, 6.07) is 15.0. The number of carbonyl (C=O) groups excluding carboxylic acids is 2. The molecule has 0 aliphatic rings. The standard InChI is InChI=1S/C21H21N3O3/c1-15-18(21(26)27-2)9-6-10-19(15)23-20(25)12-11-16-13-22-24(14-16)17-7-4-3-5-8-17/h3-10,13-14H,11-12H2,1-2H3,(H,23,25). The van der Waals surface area contributed by atoms with Crippen molar-refractivity contribution in [1.29, 1.82) is 0 Å². The summed E-state index contributed by atoms with van der Waals surface area (Å²) in [5.74, 6) is -0.537. The smallest absolute Gasteiger partial charge is 0.338 e. The average molecular weight is 363 g/mol. The molecule has 0 spiro atoms. The van der Waals surface area contributed by atoms with E-state index in [1.165, 1.54) is 7.11 Å². The Balaban J connectivity index is 1.61. The first kappa shape index (κ1) is 18.4. The molecular formula is C21H21N3O3. The number of methoxy groups -OCH3 is 1. The summed E-state index contributed by atoms with van der Waals surface area (Å²) in [5, 5.41) is 7.20. The van der Waals surface area contributed by atoms with Crippen LogP contribution in [0.25, 0.3) is 5.69 Å². The predicted octanol–water partition coefficient (Wildman–Crippen LogP) is 3.54. The van der Waals surface area contributed by atoms with Gasteiger partial charge in [0.25, 0.3) is 0 Å². The lowest BCUT2D eigenvalue weighted by atomic mass is 10.1. The van der Waals surface area contributed by atoms with E-state index < -0.39 is 5.97 Å². The summed E-state index contributed by atoms with van der Waals surface area (Å²) in [6.45, 7) is 1.78. The Morgan fingerprint density at radius 1 is 1.11 bits per heavy atom. The van der Waals surface area contributed by atoms with Gasteiger partial charge in [0.2, 0.25) is 5.91 Å². The van der Waals surface area contributed by atoms with E-state index in [4.69, 9.17) is 4.74 Å². The number of ether oxygens (including phenoxy) is 1. The van der Waals surface area contributed by atoms with Gasteiger partial charge in [-0.3, -0.25) is 4.79 Å². The molecule has 6 heteroatoms. The van der Waals surface area contributed by atoms with E-state index in [9.17, 15) is 9.59 Å². The quantitative estimate of drug-likeness (QED) is 0.680. The molecule has 6 nitrogen and oxygen atoms in total. The number of benzene rings is 2. The fourth-order valence-electron chi connectivity index (χ4n) is 2.78. The number of nitrogens with zero attached hydrogens (tertiary/aromatic N) is 2. The van der Waals surface area contributed by atoms with Crippen molar-refractivity contribution in [1.82, 2.24) is 9.78 Å². The second kappa shape index (κ2) is 8.31. The first-order chi connectivity index (χ1) is 13.1. The van der Waals surface area contributed by atoms with Crippen molar-refractivity contribution in [3.8, 4) is 5.69 Å². The number of aromatic nitrogens is 2. The molecule has 0 fully saturated rings. The van der Waals surface area contributed by atoms with Gasteiger partial charge in [0.05, 0.1) is 24.6 Å². The van der Waals surface area contributed by atoms with Gasteiger partial charge in [0, 0.05) is 18.3 Å². The number of hydrogen-bond acceptors (Lipinski definition) is 4. The van der Waals surface area contributed by atoms with Crippen molar-refractivity contribution in [2.75, 3.05) is 12.4 Å². The molecule has 2 aromatic carbocycles. The number of para-hydroxylation sites is 1. The molecule has 3 rings (SSSR count). The minimum absolute atomic E-state index is 0.118. The SMILES string of the molecule is COC(=O)c1cccc(NC(=O)CCc2cnn(-c3ccccc3)c2)c1C. The highest BCUT2D eigenvalue weighted by molar-refractivity contribution is 5.96.